The molecule has 32 heavy (non-hydrogen) atoms. The Balaban J connectivity index is 1.41. The minimum Gasteiger partial charge on any atom is -0.356 e. The number of thioether (sulfide) groups is 1. The summed E-state index contributed by atoms with van der Waals surface area (Å²) in [6, 6.07) is 14.9. The Hall–Kier alpha value is -2.64. The first-order valence-electron chi connectivity index (χ1n) is 10.5. The normalized spacial score (nSPS) is 14.4. The zero-order valence-electron chi connectivity index (χ0n) is 17.7. The van der Waals surface area contributed by atoms with Crippen LogP contribution in [0.4, 0.5) is 15.9 Å². The molecule has 4 rings (SSSR count). The minimum atomic E-state index is -0.344. The molecule has 0 atom stereocenters. The first-order valence-corrected chi connectivity index (χ1v) is 11.9. The fourth-order valence-electron chi connectivity index (χ4n) is 3.54. The number of hydrogen-bond donors (Lipinski definition) is 1. The first kappa shape index (κ1) is 22.6. The first-order chi connectivity index (χ1) is 15.5. The summed E-state index contributed by atoms with van der Waals surface area (Å²) in [6.07, 6.45) is 2.30. The summed E-state index contributed by atoms with van der Waals surface area (Å²) in [5.41, 5.74) is 2.05. The van der Waals surface area contributed by atoms with Crippen molar-refractivity contribution >= 4 is 40.8 Å². The highest BCUT2D eigenvalue weighted by Crippen LogP contribution is 2.27. The molecule has 1 aliphatic rings. The number of carbonyl (C=O) groups is 1. The van der Waals surface area contributed by atoms with Crippen molar-refractivity contribution in [3.8, 4) is 0 Å². The van der Waals surface area contributed by atoms with Gasteiger partial charge >= 0.3 is 0 Å². The van der Waals surface area contributed by atoms with E-state index in [9.17, 15) is 9.18 Å². The number of rotatable bonds is 6. The molecule has 1 aliphatic heterocycles. The number of amides is 1. The van der Waals surface area contributed by atoms with Gasteiger partial charge in [-0.05, 0) is 60.7 Å². The summed E-state index contributed by atoms with van der Waals surface area (Å²) in [5.74, 6) is 1.62. The summed E-state index contributed by atoms with van der Waals surface area (Å²) >= 11 is 7.75. The number of nitrogens with zero attached hydrogens (tertiary/aromatic N) is 3. The number of nitrogens with one attached hydrogen (secondary N) is 1. The van der Waals surface area contributed by atoms with Gasteiger partial charge in [0, 0.05) is 36.2 Å². The van der Waals surface area contributed by atoms with Crippen molar-refractivity contribution in [2.45, 2.75) is 30.7 Å². The second-order valence-corrected chi connectivity index (χ2v) is 9.28. The van der Waals surface area contributed by atoms with Gasteiger partial charge in [0.25, 0.3) is 5.91 Å². The minimum absolute atomic E-state index is 0.246. The molecule has 1 N–H and O–H groups in total. The summed E-state index contributed by atoms with van der Waals surface area (Å²) in [4.78, 5) is 23.9. The molecule has 1 amide bonds. The SMILES string of the molecule is CC1CCN(c2cc(Cl)nc(SCc3cccc(C(=O)Nc4ccc(F)cc4)c3)n2)CC1. The van der Waals surface area contributed by atoms with Crippen molar-refractivity contribution < 1.29 is 9.18 Å². The molecule has 0 aliphatic carbocycles. The van der Waals surface area contributed by atoms with E-state index in [1.807, 2.05) is 24.3 Å². The third kappa shape index (κ3) is 5.99. The summed E-state index contributed by atoms with van der Waals surface area (Å²) in [5, 5.41) is 3.83. The molecule has 1 saturated heterocycles. The maximum atomic E-state index is 13.1. The van der Waals surface area contributed by atoms with E-state index in [1.165, 1.54) is 36.0 Å². The third-order valence-corrected chi connectivity index (χ3v) is 6.54. The van der Waals surface area contributed by atoms with E-state index in [0.29, 0.717) is 27.3 Å². The Morgan fingerprint density at radius 2 is 1.91 bits per heavy atom. The average Bonchev–Trinajstić information content (AvgIpc) is 2.79. The van der Waals surface area contributed by atoms with Gasteiger partial charge in [-0.1, -0.05) is 42.4 Å². The van der Waals surface area contributed by atoms with Crippen molar-refractivity contribution in [1.82, 2.24) is 9.97 Å². The molecule has 3 aromatic rings. The number of hydrogen-bond acceptors (Lipinski definition) is 5. The van der Waals surface area contributed by atoms with Crippen LogP contribution in [-0.2, 0) is 5.75 Å². The lowest BCUT2D eigenvalue weighted by molar-refractivity contribution is 0.102. The molecular weight excluding hydrogens is 447 g/mol. The zero-order chi connectivity index (χ0) is 22.5. The van der Waals surface area contributed by atoms with Crippen LogP contribution in [0.1, 0.15) is 35.7 Å². The molecule has 2 aromatic carbocycles. The topological polar surface area (TPSA) is 58.1 Å². The Kier molecular flexibility index (Phi) is 7.27. The van der Waals surface area contributed by atoms with E-state index in [4.69, 9.17) is 16.6 Å². The monoisotopic (exact) mass is 470 g/mol. The maximum absolute atomic E-state index is 13.1. The number of benzene rings is 2. The Bertz CT molecular complexity index is 1090. The fraction of sp³-hybridized carbons (Fsp3) is 0.292. The number of anilines is 2. The van der Waals surface area contributed by atoms with Crippen molar-refractivity contribution in [1.29, 1.82) is 0 Å². The molecule has 0 radical (unpaired) electrons. The lowest BCUT2D eigenvalue weighted by Crippen LogP contribution is -2.33. The molecule has 5 nitrogen and oxygen atoms in total. The molecule has 2 heterocycles. The highest BCUT2D eigenvalue weighted by atomic mass is 35.5. The van der Waals surface area contributed by atoms with Crippen molar-refractivity contribution in [3.05, 3.63) is 76.7 Å². The second-order valence-electron chi connectivity index (χ2n) is 7.95. The van der Waals surface area contributed by atoms with E-state index in [1.54, 1.807) is 6.07 Å². The predicted octanol–water partition coefficient (Wildman–Crippen LogP) is 6.05. The van der Waals surface area contributed by atoms with Crippen molar-refractivity contribution in [2.75, 3.05) is 23.3 Å². The lowest BCUT2D eigenvalue weighted by Gasteiger charge is -2.31. The third-order valence-electron chi connectivity index (χ3n) is 5.43. The average molecular weight is 471 g/mol. The van der Waals surface area contributed by atoms with Crippen LogP contribution < -0.4 is 10.2 Å². The zero-order valence-corrected chi connectivity index (χ0v) is 19.3. The highest BCUT2D eigenvalue weighted by molar-refractivity contribution is 7.98. The molecule has 166 valence electrons. The molecule has 0 bridgehead atoms. The smallest absolute Gasteiger partial charge is 0.255 e. The quantitative estimate of drug-likeness (QED) is 0.270. The molecule has 1 aromatic heterocycles. The van der Waals surface area contributed by atoms with E-state index >= 15 is 0 Å². The number of piperidine rings is 1. The van der Waals surface area contributed by atoms with E-state index in [0.717, 1.165) is 43.2 Å². The predicted molar refractivity (Wildman–Crippen MR) is 128 cm³/mol. The van der Waals surface area contributed by atoms with Gasteiger partial charge in [-0.2, -0.15) is 0 Å². The number of halogens is 2. The van der Waals surface area contributed by atoms with Gasteiger partial charge in [-0.3, -0.25) is 4.79 Å². The Labute approximate surface area is 196 Å². The van der Waals surface area contributed by atoms with Crippen LogP contribution >= 0.6 is 23.4 Å². The molecule has 0 unspecified atom stereocenters. The van der Waals surface area contributed by atoms with Crippen molar-refractivity contribution in [2.24, 2.45) is 5.92 Å². The van der Waals surface area contributed by atoms with Gasteiger partial charge in [-0.25, -0.2) is 14.4 Å². The Morgan fingerprint density at radius 1 is 1.16 bits per heavy atom. The number of aromatic nitrogens is 2. The van der Waals surface area contributed by atoms with E-state index in [-0.39, 0.29) is 11.7 Å². The Morgan fingerprint density at radius 3 is 2.66 bits per heavy atom. The van der Waals surface area contributed by atoms with Gasteiger partial charge in [0.1, 0.15) is 16.8 Å². The second kappa shape index (κ2) is 10.3. The molecule has 0 spiro atoms. The lowest BCUT2D eigenvalue weighted by atomic mass is 9.99. The van der Waals surface area contributed by atoms with Crippen LogP contribution in [0, 0.1) is 11.7 Å². The van der Waals surface area contributed by atoms with Gasteiger partial charge in [-0.15, -0.1) is 0 Å². The maximum Gasteiger partial charge on any atom is 0.255 e. The van der Waals surface area contributed by atoms with Gasteiger partial charge in [0.15, 0.2) is 5.16 Å². The van der Waals surface area contributed by atoms with Crippen LogP contribution in [0.5, 0.6) is 0 Å². The van der Waals surface area contributed by atoms with Crippen molar-refractivity contribution in [3.63, 3.8) is 0 Å². The van der Waals surface area contributed by atoms with Crippen LogP contribution in [0.2, 0.25) is 5.15 Å². The van der Waals surface area contributed by atoms with Gasteiger partial charge < -0.3 is 10.2 Å². The van der Waals surface area contributed by atoms with Crippen LogP contribution in [0.3, 0.4) is 0 Å². The van der Waals surface area contributed by atoms with E-state index in [2.05, 4.69) is 22.1 Å². The van der Waals surface area contributed by atoms with Gasteiger partial charge in [0.2, 0.25) is 0 Å². The number of carbonyl (C=O) groups excluding carboxylic acids is 1. The summed E-state index contributed by atoms with van der Waals surface area (Å²) < 4.78 is 13.1. The highest BCUT2D eigenvalue weighted by Gasteiger charge is 2.18. The largest absolute Gasteiger partial charge is 0.356 e. The van der Waals surface area contributed by atoms with Crippen LogP contribution in [0.25, 0.3) is 0 Å². The molecule has 1 fully saturated rings. The van der Waals surface area contributed by atoms with Crippen LogP contribution in [-0.4, -0.2) is 29.0 Å². The standard InChI is InChI=1S/C24H24ClFN4OS/c1-16-9-11-30(12-10-16)22-14-21(25)28-24(29-22)32-15-17-3-2-4-18(13-17)23(31)27-20-7-5-19(26)6-8-20/h2-8,13-14,16H,9-12,15H2,1H3,(H,27,31). The summed E-state index contributed by atoms with van der Waals surface area (Å²) in [6.45, 7) is 4.23. The molecule has 0 saturated carbocycles. The summed E-state index contributed by atoms with van der Waals surface area (Å²) in [7, 11) is 0. The molecule has 8 heteroatoms. The van der Waals surface area contributed by atoms with E-state index < -0.39 is 0 Å². The molecular formula is C24H24ClFN4OS. The van der Waals surface area contributed by atoms with Gasteiger partial charge in [0.05, 0.1) is 0 Å². The van der Waals surface area contributed by atoms with Crippen LogP contribution in [0.15, 0.2) is 59.8 Å². The fourth-order valence-corrected chi connectivity index (χ4v) is 4.56.